The van der Waals surface area contributed by atoms with Gasteiger partial charge in [0, 0.05) is 19.6 Å². The van der Waals surface area contributed by atoms with E-state index in [-0.39, 0.29) is 12.1 Å². The average Bonchev–Trinajstić information content (AvgIpc) is 3.36. The van der Waals surface area contributed by atoms with Crippen LogP contribution in [0.3, 0.4) is 0 Å². The number of benzene rings is 1. The lowest BCUT2D eigenvalue weighted by Crippen LogP contribution is -2.47. The Morgan fingerprint density at radius 1 is 1.21 bits per heavy atom. The van der Waals surface area contributed by atoms with Crippen molar-refractivity contribution in [1.29, 1.82) is 0 Å². The Kier molecular flexibility index (Phi) is 6.41. The van der Waals surface area contributed by atoms with Crippen molar-refractivity contribution in [2.75, 3.05) is 19.6 Å². The molecule has 3 unspecified atom stereocenters. The average molecular weight is 421 g/mol. The summed E-state index contributed by atoms with van der Waals surface area (Å²) in [6.07, 6.45) is 6.85. The van der Waals surface area contributed by atoms with Crippen molar-refractivity contribution in [3.8, 4) is 0 Å². The molecule has 3 atom stereocenters. The number of hydrogen-bond donors (Lipinski definition) is 2. The van der Waals surface area contributed by atoms with Crippen LogP contribution in [0.4, 0.5) is 0 Å². The van der Waals surface area contributed by atoms with Crippen molar-refractivity contribution in [2.24, 2.45) is 4.99 Å². The highest BCUT2D eigenvalue weighted by atomic mass is 32.2. The van der Waals surface area contributed by atoms with Crippen molar-refractivity contribution < 1.29 is 13.2 Å². The zero-order valence-corrected chi connectivity index (χ0v) is 18.0. The predicted molar refractivity (Wildman–Crippen MR) is 113 cm³/mol. The summed E-state index contributed by atoms with van der Waals surface area (Å²) in [5.74, 6) is 0.721. The minimum absolute atomic E-state index is 0.260. The molecule has 3 fully saturated rings. The number of ether oxygens (including phenoxy) is 1. The summed E-state index contributed by atoms with van der Waals surface area (Å²) in [6, 6.07) is 7.52. The first-order valence-electron chi connectivity index (χ1n) is 10.9. The summed E-state index contributed by atoms with van der Waals surface area (Å²) in [5, 5.41) is 6.78. The number of aliphatic imine (C=N–C) groups is 1. The van der Waals surface area contributed by atoms with Crippen LogP contribution >= 0.6 is 0 Å². The fraction of sp³-hybridized carbons (Fsp3) is 0.667. The third-order valence-electron chi connectivity index (χ3n) is 6.09. The van der Waals surface area contributed by atoms with E-state index < -0.39 is 10.0 Å². The molecule has 0 spiro atoms. The third-order valence-corrected chi connectivity index (χ3v) is 8.08. The number of sulfonamides is 1. The van der Waals surface area contributed by atoms with Crippen molar-refractivity contribution in [2.45, 2.75) is 75.1 Å². The summed E-state index contributed by atoms with van der Waals surface area (Å²) in [6.45, 7) is 4.31. The summed E-state index contributed by atoms with van der Waals surface area (Å²) in [4.78, 5) is 5.09. The van der Waals surface area contributed by atoms with E-state index in [4.69, 9.17) is 9.73 Å². The molecule has 0 amide bonds. The van der Waals surface area contributed by atoms with Crippen LogP contribution in [0.25, 0.3) is 0 Å². The van der Waals surface area contributed by atoms with E-state index in [0.717, 1.165) is 56.6 Å². The molecular weight excluding hydrogens is 388 g/mol. The highest BCUT2D eigenvalue weighted by Crippen LogP contribution is 2.34. The molecule has 1 aromatic rings. The molecule has 2 bridgehead atoms. The minimum Gasteiger partial charge on any atom is -0.373 e. The zero-order valence-electron chi connectivity index (χ0n) is 17.1. The van der Waals surface area contributed by atoms with E-state index in [9.17, 15) is 8.42 Å². The number of nitrogens with one attached hydrogen (secondary N) is 2. The van der Waals surface area contributed by atoms with Gasteiger partial charge in [0.25, 0.3) is 0 Å². The van der Waals surface area contributed by atoms with Gasteiger partial charge in [-0.1, -0.05) is 24.6 Å². The molecule has 1 aromatic carbocycles. The lowest BCUT2D eigenvalue weighted by Gasteiger charge is -2.26. The highest BCUT2D eigenvalue weighted by molar-refractivity contribution is 7.89. The molecule has 3 aliphatic rings. The van der Waals surface area contributed by atoms with Crippen LogP contribution in [0, 0.1) is 0 Å². The van der Waals surface area contributed by atoms with Gasteiger partial charge in [0.05, 0.1) is 29.7 Å². The summed E-state index contributed by atoms with van der Waals surface area (Å²) < 4.78 is 33.9. The largest absolute Gasteiger partial charge is 0.373 e. The van der Waals surface area contributed by atoms with Crippen LogP contribution in [0.5, 0.6) is 0 Å². The SMILES string of the molecule is CCNC(=NCc1ccccc1S(=O)(=O)N1CCCCC1)NC1CC2CCC1O2. The Balaban J connectivity index is 1.50. The lowest BCUT2D eigenvalue weighted by atomic mass is 9.96. The van der Waals surface area contributed by atoms with Gasteiger partial charge < -0.3 is 15.4 Å². The molecule has 0 aromatic heterocycles. The molecule has 0 aliphatic carbocycles. The van der Waals surface area contributed by atoms with E-state index in [2.05, 4.69) is 10.6 Å². The number of hydrogen-bond acceptors (Lipinski definition) is 4. The van der Waals surface area contributed by atoms with Gasteiger partial charge in [0.2, 0.25) is 10.0 Å². The molecular formula is C21H32N4O3S. The molecule has 3 saturated heterocycles. The Morgan fingerprint density at radius 2 is 2.00 bits per heavy atom. The molecule has 3 heterocycles. The van der Waals surface area contributed by atoms with Gasteiger partial charge in [-0.3, -0.25) is 0 Å². The van der Waals surface area contributed by atoms with Crippen LogP contribution in [-0.4, -0.2) is 56.6 Å². The zero-order chi connectivity index (χ0) is 20.3. The second kappa shape index (κ2) is 9.02. The topological polar surface area (TPSA) is 83.0 Å². The van der Waals surface area contributed by atoms with E-state index in [1.807, 2.05) is 19.1 Å². The second-order valence-electron chi connectivity index (χ2n) is 8.13. The maximum Gasteiger partial charge on any atom is 0.243 e. The third kappa shape index (κ3) is 4.59. The molecule has 2 N–H and O–H groups in total. The molecule has 4 rings (SSSR count). The Labute approximate surface area is 174 Å². The first kappa shape index (κ1) is 20.6. The van der Waals surface area contributed by atoms with Crippen molar-refractivity contribution in [3.05, 3.63) is 29.8 Å². The molecule has 0 saturated carbocycles. The second-order valence-corrected chi connectivity index (χ2v) is 10.0. The molecule has 8 heteroatoms. The highest BCUT2D eigenvalue weighted by Gasteiger charge is 2.41. The van der Waals surface area contributed by atoms with Crippen molar-refractivity contribution in [3.63, 3.8) is 0 Å². The normalized spacial score (nSPS) is 27.9. The Morgan fingerprint density at radius 3 is 2.69 bits per heavy atom. The van der Waals surface area contributed by atoms with Crippen LogP contribution in [-0.2, 0) is 21.3 Å². The van der Waals surface area contributed by atoms with E-state index in [1.54, 1.807) is 16.4 Å². The van der Waals surface area contributed by atoms with Gasteiger partial charge >= 0.3 is 0 Å². The maximum absolute atomic E-state index is 13.2. The van der Waals surface area contributed by atoms with Crippen LogP contribution in [0.1, 0.15) is 51.0 Å². The standard InChI is InChI=1S/C21H32N4O3S/c1-2-22-21(24-18-14-17-10-11-19(18)28-17)23-15-16-8-4-5-9-20(16)29(26,27)25-12-6-3-7-13-25/h4-5,8-9,17-19H,2-3,6-7,10-15H2,1H3,(H2,22,23,24). The van der Waals surface area contributed by atoms with Gasteiger partial charge in [-0.05, 0) is 50.7 Å². The Hall–Kier alpha value is -1.64. The molecule has 29 heavy (non-hydrogen) atoms. The molecule has 160 valence electrons. The lowest BCUT2D eigenvalue weighted by molar-refractivity contribution is 0.0992. The monoisotopic (exact) mass is 420 g/mol. The van der Waals surface area contributed by atoms with Crippen LogP contribution in [0.2, 0.25) is 0 Å². The maximum atomic E-state index is 13.2. The summed E-state index contributed by atoms with van der Waals surface area (Å²) in [7, 11) is -3.48. The quantitative estimate of drug-likeness (QED) is 0.545. The van der Waals surface area contributed by atoms with Gasteiger partial charge in [0.15, 0.2) is 5.96 Å². The number of piperidine rings is 1. The van der Waals surface area contributed by atoms with Crippen molar-refractivity contribution >= 4 is 16.0 Å². The number of guanidine groups is 1. The van der Waals surface area contributed by atoms with Gasteiger partial charge in [-0.2, -0.15) is 4.31 Å². The molecule has 3 aliphatic heterocycles. The first-order valence-corrected chi connectivity index (χ1v) is 12.3. The summed E-state index contributed by atoms with van der Waals surface area (Å²) >= 11 is 0. The minimum atomic E-state index is -3.48. The molecule has 7 nitrogen and oxygen atoms in total. The van der Waals surface area contributed by atoms with E-state index in [1.165, 1.54) is 0 Å². The fourth-order valence-electron chi connectivity index (χ4n) is 4.58. The van der Waals surface area contributed by atoms with Crippen molar-refractivity contribution in [1.82, 2.24) is 14.9 Å². The predicted octanol–water partition coefficient (Wildman–Crippen LogP) is 2.24. The van der Waals surface area contributed by atoms with Crippen LogP contribution < -0.4 is 10.6 Å². The van der Waals surface area contributed by atoms with E-state index >= 15 is 0 Å². The van der Waals surface area contributed by atoms with Gasteiger partial charge in [-0.25, -0.2) is 13.4 Å². The summed E-state index contributed by atoms with van der Waals surface area (Å²) in [5.41, 5.74) is 0.736. The number of nitrogens with zero attached hydrogens (tertiary/aromatic N) is 2. The number of rotatable bonds is 6. The smallest absolute Gasteiger partial charge is 0.243 e. The molecule has 0 radical (unpaired) electrons. The van der Waals surface area contributed by atoms with Gasteiger partial charge in [0.1, 0.15) is 0 Å². The first-order chi connectivity index (χ1) is 14.1. The van der Waals surface area contributed by atoms with E-state index in [0.29, 0.717) is 30.6 Å². The number of fused-ring (bicyclic) bond motifs is 2. The van der Waals surface area contributed by atoms with Gasteiger partial charge in [-0.15, -0.1) is 0 Å². The Bertz CT molecular complexity index is 836. The van der Waals surface area contributed by atoms with Crippen LogP contribution in [0.15, 0.2) is 34.2 Å². The fourth-order valence-corrected chi connectivity index (χ4v) is 6.31.